The van der Waals surface area contributed by atoms with Crippen LogP contribution in [0.3, 0.4) is 0 Å². The molecule has 7 nitrogen and oxygen atoms in total. The number of rotatable bonds is 22. The minimum atomic E-state index is -0.731. The number of carbonyl (C=O) groups is 2. The summed E-state index contributed by atoms with van der Waals surface area (Å²) < 4.78 is 22.4. The zero-order valence-corrected chi connectivity index (χ0v) is 28.9. The number of nitriles is 1. The van der Waals surface area contributed by atoms with Gasteiger partial charge in [0, 0.05) is 6.61 Å². The van der Waals surface area contributed by atoms with Gasteiger partial charge in [-0.2, -0.15) is 5.26 Å². The summed E-state index contributed by atoms with van der Waals surface area (Å²) in [5.74, 6) is 0.371. The van der Waals surface area contributed by atoms with Crippen molar-refractivity contribution >= 4 is 18.0 Å². The van der Waals surface area contributed by atoms with Gasteiger partial charge in [0.05, 0.1) is 6.61 Å². The molecule has 0 radical (unpaired) electrons. The van der Waals surface area contributed by atoms with Crippen molar-refractivity contribution in [2.75, 3.05) is 13.2 Å². The van der Waals surface area contributed by atoms with Crippen LogP contribution in [0, 0.1) is 11.3 Å². The Morgan fingerprint density at radius 2 is 1.12 bits per heavy atom. The highest BCUT2D eigenvalue weighted by Gasteiger charge is 2.16. The predicted octanol–water partition coefficient (Wildman–Crippen LogP) is 10.3. The van der Waals surface area contributed by atoms with Gasteiger partial charge in [-0.15, -0.1) is 0 Å². The fourth-order valence-electron chi connectivity index (χ4n) is 5.04. The quantitative estimate of drug-likeness (QED) is 0.0350. The van der Waals surface area contributed by atoms with Crippen molar-refractivity contribution < 1.29 is 28.5 Å². The second-order valence-corrected chi connectivity index (χ2v) is 12.0. The van der Waals surface area contributed by atoms with Crippen LogP contribution in [0.4, 0.5) is 0 Å². The largest absolute Gasteiger partial charge is 0.494 e. The molecule has 1 unspecified atom stereocenters. The Hall–Kier alpha value is -4.41. The Balaban J connectivity index is 1.44. The van der Waals surface area contributed by atoms with Crippen molar-refractivity contribution in [3.63, 3.8) is 0 Å². The molecule has 256 valence electrons. The predicted molar refractivity (Wildman–Crippen MR) is 191 cm³/mol. The highest BCUT2D eigenvalue weighted by molar-refractivity contribution is 5.99. The number of esters is 2. The molecule has 3 rings (SSSR count). The second-order valence-electron chi connectivity index (χ2n) is 12.0. The molecule has 0 spiro atoms. The van der Waals surface area contributed by atoms with Crippen molar-refractivity contribution in [3.8, 4) is 34.4 Å². The third-order valence-corrected chi connectivity index (χ3v) is 7.97. The van der Waals surface area contributed by atoms with Gasteiger partial charge < -0.3 is 18.9 Å². The number of carbonyl (C=O) groups excluding carboxylic acids is 2. The monoisotopic (exact) mass is 653 g/mol. The van der Waals surface area contributed by atoms with Crippen LogP contribution in [0.2, 0.25) is 0 Å². The fourth-order valence-corrected chi connectivity index (χ4v) is 5.04. The molecule has 0 aliphatic heterocycles. The molecule has 0 aliphatic rings. The maximum absolute atomic E-state index is 12.7. The van der Waals surface area contributed by atoms with Crippen molar-refractivity contribution in [2.45, 2.75) is 104 Å². The van der Waals surface area contributed by atoms with Crippen LogP contribution >= 0.6 is 0 Å². The molecule has 0 saturated heterocycles. The van der Waals surface area contributed by atoms with Gasteiger partial charge in [0.2, 0.25) is 0 Å². The van der Waals surface area contributed by atoms with Crippen molar-refractivity contribution in [1.82, 2.24) is 0 Å². The number of nitrogens with zero attached hydrogens (tertiary/aromatic N) is 1. The highest BCUT2D eigenvalue weighted by atomic mass is 16.6. The van der Waals surface area contributed by atoms with E-state index < -0.39 is 18.0 Å². The second kappa shape index (κ2) is 22.2. The lowest BCUT2D eigenvalue weighted by molar-refractivity contribution is -0.146. The molecule has 0 amide bonds. The molecule has 3 aromatic carbocycles. The molecule has 0 bridgehead atoms. The third kappa shape index (κ3) is 14.1. The van der Waals surface area contributed by atoms with Crippen molar-refractivity contribution in [1.29, 1.82) is 5.26 Å². The summed E-state index contributed by atoms with van der Waals surface area (Å²) in [4.78, 5) is 25.2. The first kappa shape index (κ1) is 38.0. The van der Waals surface area contributed by atoms with E-state index in [2.05, 4.69) is 13.8 Å². The lowest BCUT2D eigenvalue weighted by atomic mass is 10.1. The van der Waals surface area contributed by atoms with E-state index in [0.717, 1.165) is 36.1 Å². The lowest BCUT2D eigenvalue weighted by Crippen LogP contribution is -2.26. The van der Waals surface area contributed by atoms with Crippen molar-refractivity contribution in [3.05, 3.63) is 83.9 Å². The summed E-state index contributed by atoms with van der Waals surface area (Å²) in [5, 5.41) is 9.61. The third-order valence-electron chi connectivity index (χ3n) is 7.97. The number of hydrogen-bond donors (Lipinski definition) is 0. The summed E-state index contributed by atoms with van der Waals surface area (Å²) in [6, 6.07) is 23.4. The van der Waals surface area contributed by atoms with Gasteiger partial charge in [-0.05, 0) is 78.9 Å². The van der Waals surface area contributed by atoms with Crippen LogP contribution < -0.4 is 14.2 Å². The molecular formula is C41H51NO6. The van der Waals surface area contributed by atoms with Gasteiger partial charge in [-0.1, -0.05) is 114 Å². The Morgan fingerprint density at radius 1 is 0.646 bits per heavy atom. The normalized spacial score (nSPS) is 11.8. The first-order valence-corrected chi connectivity index (χ1v) is 17.5. The van der Waals surface area contributed by atoms with Gasteiger partial charge in [-0.25, -0.2) is 9.59 Å². The zero-order chi connectivity index (χ0) is 34.4. The summed E-state index contributed by atoms with van der Waals surface area (Å²) in [6.07, 6.45) is 15.1. The summed E-state index contributed by atoms with van der Waals surface area (Å²) in [6.45, 7) is 7.34. The molecule has 0 N–H and O–H groups in total. The molecule has 0 saturated carbocycles. The van der Waals surface area contributed by atoms with Crippen molar-refractivity contribution in [2.24, 2.45) is 0 Å². The van der Waals surface area contributed by atoms with Gasteiger partial charge in [0.25, 0.3) is 0 Å². The van der Waals surface area contributed by atoms with E-state index in [-0.39, 0.29) is 5.57 Å². The molecule has 7 heteroatoms. The van der Waals surface area contributed by atoms with E-state index in [1.807, 2.05) is 54.6 Å². The standard InChI is InChI=1S/C41H51NO6/c1-4-6-8-10-12-14-28-45-32(3)40(43)47-38-24-18-34(19-25-38)35-20-26-39(27-21-35)48-41(44)36(31-42)30-33-16-22-37(23-17-33)46-29-15-13-11-9-7-5-2/h16-27,30,32H,4-15,28-29H2,1-3H3/b36-30+. The first-order valence-electron chi connectivity index (χ1n) is 17.5. The molecule has 0 aliphatic carbocycles. The van der Waals surface area contributed by atoms with Crippen LogP contribution in [0.5, 0.6) is 17.2 Å². The fraction of sp³-hybridized carbons (Fsp3) is 0.439. The topological polar surface area (TPSA) is 94.9 Å². The zero-order valence-electron chi connectivity index (χ0n) is 28.9. The molecule has 1 atom stereocenters. The van der Waals surface area contributed by atoms with Gasteiger partial charge in [0.15, 0.2) is 6.10 Å². The molecule has 3 aromatic rings. The van der Waals surface area contributed by atoms with Crippen LogP contribution in [-0.4, -0.2) is 31.3 Å². The van der Waals surface area contributed by atoms with Crippen LogP contribution in [0.15, 0.2) is 78.4 Å². The maximum atomic E-state index is 12.7. The number of ether oxygens (including phenoxy) is 4. The summed E-state index contributed by atoms with van der Waals surface area (Å²) in [5.41, 5.74) is 2.39. The summed E-state index contributed by atoms with van der Waals surface area (Å²) in [7, 11) is 0. The lowest BCUT2D eigenvalue weighted by Gasteiger charge is -2.13. The Bertz CT molecular complexity index is 1440. The average molecular weight is 654 g/mol. The maximum Gasteiger partial charge on any atom is 0.354 e. The highest BCUT2D eigenvalue weighted by Crippen LogP contribution is 2.26. The van der Waals surface area contributed by atoms with Gasteiger partial charge in [0.1, 0.15) is 28.9 Å². The smallest absolute Gasteiger partial charge is 0.354 e. The molecular weight excluding hydrogens is 602 g/mol. The van der Waals surface area contributed by atoms with Crippen LogP contribution in [0.25, 0.3) is 17.2 Å². The van der Waals surface area contributed by atoms with E-state index in [1.54, 1.807) is 31.2 Å². The molecule has 0 fully saturated rings. The Morgan fingerprint density at radius 3 is 1.67 bits per heavy atom. The summed E-state index contributed by atoms with van der Waals surface area (Å²) >= 11 is 0. The van der Waals surface area contributed by atoms with E-state index in [1.165, 1.54) is 63.9 Å². The van der Waals surface area contributed by atoms with E-state index in [0.29, 0.717) is 30.3 Å². The molecule has 0 aromatic heterocycles. The van der Waals surface area contributed by atoms with Crippen LogP contribution in [-0.2, 0) is 14.3 Å². The van der Waals surface area contributed by atoms with Crippen LogP contribution in [0.1, 0.15) is 103 Å². The SMILES string of the molecule is CCCCCCCCOc1ccc(/C=C(\C#N)C(=O)Oc2ccc(-c3ccc(OC(=O)C(C)OCCCCCCCC)cc3)cc2)cc1. The average Bonchev–Trinajstić information content (AvgIpc) is 3.11. The van der Waals surface area contributed by atoms with E-state index in [4.69, 9.17) is 18.9 Å². The number of unbranched alkanes of at least 4 members (excludes halogenated alkanes) is 10. The molecule has 48 heavy (non-hydrogen) atoms. The minimum absolute atomic E-state index is 0.105. The molecule has 0 heterocycles. The Labute approximate surface area is 286 Å². The number of benzene rings is 3. The minimum Gasteiger partial charge on any atom is -0.494 e. The number of hydrogen-bond acceptors (Lipinski definition) is 7. The van der Waals surface area contributed by atoms with Gasteiger partial charge in [-0.3, -0.25) is 0 Å². The van der Waals surface area contributed by atoms with Gasteiger partial charge >= 0.3 is 11.9 Å². The van der Waals surface area contributed by atoms with E-state index >= 15 is 0 Å². The van der Waals surface area contributed by atoms with E-state index in [9.17, 15) is 14.9 Å². The Kier molecular flexibility index (Phi) is 17.6. The first-order chi connectivity index (χ1) is 23.4.